The van der Waals surface area contributed by atoms with Crippen LogP contribution in [0.25, 0.3) is 0 Å². The Balaban J connectivity index is 1.79. The Kier molecular flexibility index (Phi) is 18.5. The van der Waals surface area contributed by atoms with E-state index in [1.54, 1.807) is 0 Å². The molecule has 5 nitrogen and oxygen atoms in total. The van der Waals surface area contributed by atoms with E-state index < -0.39 is 0 Å². The molecule has 0 radical (unpaired) electrons. The molecule has 1 fully saturated rings. The van der Waals surface area contributed by atoms with Crippen LogP contribution in [0.15, 0.2) is 0 Å². The van der Waals surface area contributed by atoms with Gasteiger partial charge in [0.1, 0.15) is 0 Å². The molecule has 28 heavy (non-hydrogen) atoms. The molecule has 2 atom stereocenters. The summed E-state index contributed by atoms with van der Waals surface area (Å²) in [7, 11) is 0. The van der Waals surface area contributed by atoms with Crippen LogP contribution < -0.4 is 5.32 Å². The smallest absolute Gasteiger partial charge is 0.0813 e. The number of ether oxygens (including phenoxy) is 3. The molecule has 168 valence electrons. The summed E-state index contributed by atoms with van der Waals surface area (Å²) in [5.74, 6) is 0. The fourth-order valence-corrected chi connectivity index (χ4v) is 3.69. The van der Waals surface area contributed by atoms with E-state index in [0.717, 1.165) is 45.6 Å². The number of aliphatic hydroxyl groups is 1. The maximum atomic E-state index is 8.64. The van der Waals surface area contributed by atoms with Crippen LogP contribution in [0.1, 0.15) is 90.4 Å². The third-order valence-corrected chi connectivity index (χ3v) is 5.39. The van der Waals surface area contributed by atoms with Crippen molar-refractivity contribution < 1.29 is 19.3 Å². The monoisotopic (exact) mass is 401 g/mol. The topological polar surface area (TPSA) is 60.0 Å². The van der Waals surface area contributed by atoms with Crippen LogP contribution in [-0.4, -0.2) is 63.4 Å². The molecule has 1 rings (SSSR count). The summed E-state index contributed by atoms with van der Waals surface area (Å²) in [6.45, 7) is 7.00. The van der Waals surface area contributed by atoms with Crippen LogP contribution >= 0.6 is 0 Å². The first-order valence-corrected chi connectivity index (χ1v) is 12.0. The zero-order chi connectivity index (χ0) is 20.1. The predicted octanol–water partition coefficient (Wildman–Crippen LogP) is 4.46. The van der Waals surface area contributed by atoms with Crippen molar-refractivity contribution in [1.82, 2.24) is 5.32 Å². The summed E-state index contributed by atoms with van der Waals surface area (Å²) in [5, 5.41) is 12.1. The standard InChI is InChI=1S/C23H47NO4/c1-2-3-4-5-6-7-8-9-10-11-17-27-21-23-14-13-22(28-23)20-24-15-12-18-26-19-16-25/h22-25H,2-21H2,1H3. The number of aliphatic hydroxyl groups excluding tert-OH is 1. The van der Waals surface area contributed by atoms with Gasteiger partial charge in [-0.2, -0.15) is 0 Å². The van der Waals surface area contributed by atoms with Crippen molar-refractivity contribution in [1.29, 1.82) is 0 Å². The van der Waals surface area contributed by atoms with Crippen molar-refractivity contribution in [3.8, 4) is 0 Å². The molecule has 0 bridgehead atoms. The molecular formula is C23H47NO4. The van der Waals surface area contributed by atoms with E-state index in [9.17, 15) is 0 Å². The second-order valence-electron chi connectivity index (χ2n) is 8.11. The molecule has 0 aromatic heterocycles. The van der Waals surface area contributed by atoms with E-state index in [-0.39, 0.29) is 12.7 Å². The van der Waals surface area contributed by atoms with Crippen molar-refractivity contribution in [2.24, 2.45) is 0 Å². The molecule has 2 unspecified atom stereocenters. The van der Waals surface area contributed by atoms with Crippen molar-refractivity contribution in [2.75, 3.05) is 46.1 Å². The van der Waals surface area contributed by atoms with Gasteiger partial charge in [0, 0.05) is 19.8 Å². The third kappa shape index (κ3) is 15.7. The summed E-state index contributed by atoms with van der Waals surface area (Å²) in [6, 6.07) is 0. The van der Waals surface area contributed by atoms with E-state index in [2.05, 4.69) is 12.2 Å². The van der Waals surface area contributed by atoms with Gasteiger partial charge in [-0.3, -0.25) is 0 Å². The third-order valence-electron chi connectivity index (χ3n) is 5.39. The van der Waals surface area contributed by atoms with Crippen LogP contribution in [-0.2, 0) is 14.2 Å². The van der Waals surface area contributed by atoms with Crippen molar-refractivity contribution in [3.63, 3.8) is 0 Å². The second kappa shape index (κ2) is 20.1. The minimum absolute atomic E-state index is 0.103. The van der Waals surface area contributed by atoms with Crippen molar-refractivity contribution in [2.45, 2.75) is 103 Å². The van der Waals surface area contributed by atoms with Crippen LogP contribution in [0.5, 0.6) is 0 Å². The molecule has 1 aliphatic rings. The average Bonchev–Trinajstić information content (AvgIpc) is 3.16. The van der Waals surface area contributed by atoms with Crippen LogP contribution in [0.3, 0.4) is 0 Å². The summed E-state index contributed by atoms with van der Waals surface area (Å²) in [6.07, 6.45) is 17.5. The molecule has 0 amide bonds. The molecule has 0 aromatic rings. The largest absolute Gasteiger partial charge is 0.394 e. The highest BCUT2D eigenvalue weighted by Gasteiger charge is 2.24. The predicted molar refractivity (Wildman–Crippen MR) is 116 cm³/mol. The molecule has 1 saturated heterocycles. The Morgan fingerprint density at radius 3 is 2.14 bits per heavy atom. The lowest BCUT2D eigenvalue weighted by Crippen LogP contribution is -2.29. The Labute approximate surface area is 173 Å². The van der Waals surface area contributed by atoms with E-state index in [1.165, 1.54) is 64.2 Å². The lowest BCUT2D eigenvalue weighted by molar-refractivity contribution is -0.0150. The summed E-state index contributed by atoms with van der Waals surface area (Å²) in [5.41, 5.74) is 0. The minimum Gasteiger partial charge on any atom is -0.394 e. The number of hydrogen-bond donors (Lipinski definition) is 2. The Morgan fingerprint density at radius 1 is 0.786 bits per heavy atom. The van der Waals surface area contributed by atoms with Gasteiger partial charge in [-0.1, -0.05) is 64.7 Å². The van der Waals surface area contributed by atoms with Gasteiger partial charge in [0.05, 0.1) is 32.0 Å². The fraction of sp³-hybridized carbons (Fsp3) is 1.00. The Morgan fingerprint density at radius 2 is 1.43 bits per heavy atom. The van der Waals surface area contributed by atoms with Gasteiger partial charge in [-0.15, -0.1) is 0 Å². The molecule has 2 N–H and O–H groups in total. The highest BCUT2D eigenvalue weighted by atomic mass is 16.5. The molecule has 5 heteroatoms. The zero-order valence-electron chi connectivity index (χ0n) is 18.5. The second-order valence-corrected chi connectivity index (χ2v) is 8.11. The van der Waals surface area contributed by atoms with E-state index in [1.807, 2.05) is 0 Å². The lowest BCUT2D eigenvalue weighted by Gasteiger charge is -2.15. The molecule has 0 aromatic carbocycles. The van der Waals surface area contributed by atoms with Crippen molar-refractivity contribution >= 4 is 0 Å². The maximum Gasteiger partial charge on any atom is 0.0813 e. The van der Waals surface area contributed by atoms with Crippen LogP contribution in [0.4, 0.5) is 0 Å². The fourth-order valence-electron chi connectivity index (χ4n) is 3.69. The number of hydrogen-bond acceptors (Lipinski definition) is 5. The lowest BCUT2D eigenvalue weighted by atomic mass is 10.1. The number of nitrogens with one attached hydrogen (secondary N) is 1. The van der Waals surface area contributed by atoms with E-state index in [4.69, 9.17) is 19.3 Å². The van der Waals surface area contributed by atoms with Crippen LogP contribution in [0.2, 0.25) is 0 Å². The Hall–Kier alpha value is -0.200. The van der Waals surface area contributed by atoms with Crippen LogP contribution in [0, 0.1) is 0 Å². The van der Waals surface area contributed by atoms with E-state index >= 15 is 0 Å². The first-order valence-electron chi connectivity index (χ1n) is 12.0. The van der Waals surface area contributed by atoms with Gasteiger partial charge in [0.15, 0.2) is 0 Å². The molecule has 1 heterocycles. The van der Waals surface area contributed by atoms with Gasteiger partial charge in [-0.25, -0.2) is 0 Å². The molecule has 1 aliphatic heterocycles. The summed E-state index contributed by atoms with van der Waals surface area (Å²) >= 11 is 0. The normalized spacial score (nSPS) is 19.5. The summed E-state index contributed by atoms with van der Waals surface area (Å²) in [4.78, 5) is 0. The first kappa shape index (κ1) is 25.8. The van der Waals surface area contributed by atoms with Crippen molar-refractivity contribution in [3.05, 3.63) is 0 Å². The maximum absolute atomic E-state index is 8.64. The molecular weight excluding hydrogens is 354 g/mol. The van der Waals surface area contributed by atoms with Gasteiger partial charge >= 0.3 is 0 Å². The number of unbranched alkanes of at least 4 members (excludes halogenated alkanes) is 9. The molecule has 0 spiro atoms. The average molecular weight is 402 g/mol. The zero-order valence-corrected chi connectivity index (χ0v) is 18.5. The number of rotatable bonds is 21. The SMILES string of the molecule is CCCCCCCCCCCCOCC1CCC(CNCCCOCCO)O1. The summed E-state index contributed by atoms with van der Waals surface area (Å²) < 4.78 is 17.1. The first-order chi connectivity index (χ1) is 13.9. The minimum atomic E-state index is 0.103. The highest BCUT2D eigenvalue weighted by Crippen LogP contribution is 2.19. The quantitative estimate of drug-likeness (QED) is 0.278. The van der Waals surface area contributed by atoms with Gasteiger partial charge < -0.3 is 24.6 Å². The van der Waals surface area contributed by atoms with Gasteiger partial charge in [0.2, 0.25) is 0 Å². The Bertz CT molecular complexity index is 317. The molecule has 0 saturated carbocycles. The van der Waals surface area contributed by atoms with E-state index in [0.29, 0.717) is 19.3 Å². The molecule has 0 aliphatic carbocycles. The van der Waals surface area contributed by atoms with Gasteiger partial charge in [0.25, 0.3) is 0 Å². The van der Waals surface area contributed by atoms with Gasteiger partial charge in [-0.05, 0) is 32.2 Å². The highest BCUT2D eigenvalue weighted by molar-refractivity contribution is 4.75.